The third kappa shape index (κ3) is 4.38. The summed E-state index contributed by atoms with van der Waals surface area (Å²) in [7, 11) is -1.67. The van der Waals surface area contributed by atoms with Crippen molar-refractivity contribution in [3.8, 4) is 0 Å². The van der Waals surface area contributed by atoms with E-state index in [-0.39, 0.29) is 10.8 Å². The molecule has 1 amide bonds. The van der Waals surface area contributed by atoms with Gasteiger partial charge in [0.25, 0.3) is 5.91 Å². The first kappa shape index (κ1) is 20.8. The van der Waals surface area contributed by atoms with Crippen molar-refractivity contribution in [1.29, 1.82) is 0 Å². The summed E-state index contributed by atoms with van der Waals surface area (Å²) in [6.45, 7) is 5.92. The van der Waals surface area contributed by atoms with E-state index >= 15 is 0 Å². The molecule has 150 valence electrons. The molecule has 0 spiro atoms. The fraction of sp³-hybridized carbons (Fsp3) is 0.350. The molecular weight excluding hydrogens is 398 g/mol. The number of carbonyl (C=O) groups excluding carboxylic acids is 1. The predicted molar refractivity (Wildman–Crippen MR) is 112 cm³/mol. The van der Waals surface area contributed by atoms with Gasteiger partial charge in [0.15, 0.2) is 0 Å². The van der Waals surface area contributed by atoms with Gasteiger partial charge in [-0.15, -0.1) is 0 Å². The lowest BCUT2D eigenvalue weighted by Gasteiger charge is -2.31. The normalized spacial score (nSPS) is 16.1. The number of carbonyl (C=O) groups is 1. The quantitative estimate of drug-likeness (QED) is 0.823. The summed E-state index contributed by atoms with van der Waals surface area (Å²) in [5, 5.41) is 3.35. The number of benzene rings is 2. The predicted octanol–water partition coefficient (Wildman–Crippen LogP) is 3.15. The van der Waals surface area contributed by atoms with Gasteiger partial charge >= 0.3 is 0 Å². The van der Waals surface area contributed by atoms with Gasteiger partial charge in [0.1, 0.15) is 0 Å². The number of aryl methyl sites for hydroxylation is 2. The molecule has 1 saturated heterocycles. The van der Waals surface area contributed by atoms with Crippen LogP contribution in [0.25, 0.3) is 0 Å². The summed E-state index contributed by atoms with van der Waals surface area (Å²) < 4.78 is 27.4. The molecule has 1 aliphatic rings. The van der Waals surface area contributed by atoms with Gasteiger partial charge < -0.3 is 10.2 Å². The molecule has 0 bridgehead atoms. The maximum Gasteiger partial charge on any atom is 0.255 e. The molecule has 0 aliphatic carbocycles. The molecule has 1 N–H and O–H groups in total. The van der Waals surface area contributed by atoms with E-state index in [1.54, 1.807) is 31.2 Å². The van der Waals surface area contributed by atoms with Crippen LogP contribution in [0.4, 0.5) is 5.69 Å². The van der Waals surface area contributed by atoms with Gasteiger partial charge in [-0.25, -0.2) is 8.42 Å². The van der Waals surface area contributed by atoms with E-state index in [0.717, 1.165) is 5.56 Å². The number of nitrogens with zero attached hydrogens (tertiary/aromatic N) is 2. The van der Waals surface area contributed by atoms with Crippen LogP contribution in [-0.4, -0.2) is 56.8 Å². The fourth-order valence-electron chi connectivity index (χ4n) is 3.05. The SMILES string of the molecule is Cc1ccc(NC(=O)c2cc(S(=O)(=O)N3CCN(C)CC3)ccc2C)cc1Cl. The molecule has 0 aromatic heterocycles. The highest BCUT2D eigenvalue weighted by Gasteiger charge is 2.28. The van der Waals surface area contributed by atoms with E-state index in [4.69, 9.17) is 11.6 Å². The van der Waals surface area contributed by atoms with Crippen LogP contribution < -0.4 is 5.32 Å². The Kier molecular flexibility index (Phi) is 6.09. The second-order valence-electron chi connectivity index (χ2n) is 7.10. The van der Waals surface area contributed by atoms with Gasteiger partial charge in [-0.2, -0.15) is 4.31 Å². The number of piperazine rings is 1. The van der Waals surface area contributed by atoms with Gasteiger partial charge in [-0.3, -0.25) is 4.79 Å². The van der Waals surface area contributed by atoms with Gasteiger partial charge in [0.2, 0.25) is 10.0 Å². The minimum atomic E-state index is -3.64. The zero-order chi connectivity index (χ0) is 20.5. The third-order valence-electron chi connectivity index (χ3n) is 4.98. The summed E-state index contributed by atoms with van der Waals surface area (Å²) in [6, 6.07) is 9.93. The summed E-state index contributed by atoms with van der Waals surface area (Å²) in [5.74, 6) is -0.368. The van der Waals surface area contributed by atoms with E-state index in [1.165, 1.54) is 10.4 Å². The van der Waals surface area contributed by atoms with Crippen molar-refractivity contribution in [2.45, 2.75) is 18.7 Å². The Morgan fingerprint density at radius 2 is 1.64 bits per heavy atom. The first-order valence-electron chi connectivity index (χ1n) is 9.05. The van der Waals surface area contributed by atoms with E-state index in [2.05, 4.69) is 10.2 Å². The van der Waals surface area contributed by atoms with Crippen molar-refractivity contribution >= 4 is 33.2 Å². The molecule has 6 nitrogen and oxygen atoms in total. The van der Waals surface area contributed by atoms with Crippen LogP contribution in [0.1, 0.15) is 21.5 Å². The van der Waals surface area contributed by atoms with Gasteiger partial charge in [0.05, 0.1) is 4.90 Å². The monoisotopic (exact) mass is 421 g/mol. The molecule has 2 aromatic carbocycles. The van der Waals surface area contributed by atoms with Gasteiger partial charge in [0, 0.05) is 42.5 Å². The second-order valence-corrected chi connectivity index (χ2v) is 9.45. The minimum Gasteiger partial charge on any atom is -0.322 e. The molecule has 2 aromatic rings. The number of anilines is 1. The summed E-state index contributed by atoms with van der Waals surface area (Å²) in [4.78, 5) is 15.0. The zero-order valence-electron chi connectivity index (χ0n) is 16.2. The summed E-state index contributed by atoms with van der Waals surface area (Å²) in [5.41, 5.74) is 2.50. The molecule has 3 rings (SSSR count). The van der Waals surface area contributed by atoms with E-state index in [1.807, 2.05) is 20.0 Å². The Hall–Kier alpha value is -1.93. The van der Waals surface area contributed by atoms with Crippen molar-refractivity contribution < 1.29 is 13.2 Å². The summed E-state index contributed by atoms with van der Waals surface area (Å²) in [6.07, 6.45) is 0. The average Bonchev–Trinajstić information content (AvgIpc) is 2.65. The molecule has 0 unspecified atom stereocenters. The number of sulfonamides is 1. The molecule has 28 heavy (non-hydrogen) atoms. The van der Waals surface area contributed by atoms with Crippen LogP contribution in [-0.2, 0) is 10.0 Å². The lowest BCUT2D eigenvalue weighted by atomic mass is 10.1. The molecule has 0 atom stereocenters. The lowest BCUT2D eigenvalue weighted by Crippen LogP contribution is -2.47. The van der Waals surface area contributed by atoms with Crippen LogP contribution in [0.2, 0.25) is 5.02 Å². The van der Waals surface area contributed by atoms with Crippen LogP contribution in [0.5, 0.6) is 0 Å². The molecule has 8 heteroatoms. The van der Waals surface area contributed by atoms with Gasteiger partial charge in [-0.05, 0) is 56.3 Å². The fourth-order valence-corrected chi connectivity index (χ4v) is 4.68. The lowest BCUT2D eigenvalue weighted by molar-refractivity contribution is 0.102. The Balaban J connectivity index is 1.86. The highest BCUT2D eigenvalue weighted by molar-refractivity contribution is 7.89. The van der Waals surface area contributed by atoms with Crippen LogP contribution in [0.15, 0.2) is 41.3 Å². The Morgan fingerprint density at radius 1 is 1.00 bits per heavy atom. The number of halogens is 1. The first-order valence-corrected chi connectivity index (χ1v) is 10.9. The average molecular weight is 422 g/mol. The van der Waals surface area contributed by atoms with E-state index < -0.39 is 10.0 Å². The maximum absolute atomic E-state index is 13.0. The molecule has 1 heterocycles. The standard InChI is InChI=1S/C20H24ClN3O3S/c1-14-5-7-17(28(26,27)24-10-8-23(3)9-11-24)13-18(14)20(25)22-16-6-4-15(2)19(21)12-16/h4-7,12-13H,8-11H2,1-3H3,(H,22,25). The van der Waals surface area contributed by atoms with Crippen LogP contribution in [0, 0.1) is 13.8 Å². The Labute approximate surface area is 171 Å². The molecule has 0 saturated carbocycles. The molecule has 1 fully saturated rings. The maximum atomic E-state index is 13.0. The largest absolute Gasteiger partial charge is 0.322 e. The highest BCUT2D eigenvalue weighted by Crippen LogP contribution is 2.23. The molecule has 1 aliphatic heterocycles. The molecule has 0 radical (unpaired) electrons. The van der Waals surface area contributed by atoms with Gasteiger partial charge in [-0.1, -0.05) is 23.7 Å². The number of likely N-dealkylation sites (N-methyl/N-ethyl adjacent to an activating group) is 1. The minimum absolute atomic E-state index is 0.134. The smallest absolute Gasteiger partial charge is 0.255 e. The van der Waals surface area contributed by atoms with E-state index in [9.17, 15) is 13.2 Å². The Bertz CT molecular complexity index is 1000. The number of nitrogens with one attached hydrogen (secondary N) is 1. The van der Waals surface area contributed by atoms with Crippen LogP contribution in [0.3, 0.4) is 0 Å². The third-order valence-corrected chi connectivity index (χ3v) is 7.29. The van der Waals surface area contributed by atoms with Crippen molar-refractivity contribution in [2.75, 3.05) is 38.5 Å². The summed E-state index contributed by atoms with van der Waals surface area (Å²) >= 11 is 6.12. The molecular formula is C20H24ClN3O3S. The van der Waals surface area contributed by atoms with E-state index in [0.29, 0.717) is 48.0 Å². The number of hydrogen-bond donors (Lipinski definition) is 1. The first-order chi connectivity index (χ1) is 13.2. The number of hydrogen-bond acceptors (Lipinski definition) is 4. The van der Waals surface area contributed by atoms with Crippen LogP contribution >= 0.6 is 11.6 Å². The van der Waals surface area contributed by atoms with Crippen molar-refractivity contribution in [2.24, 2.45) is 0 Å². The zero-order valence-corrected chi connectivity index (χ0v) is 17.8. The topological polar surface area (TPSA) is 69.7 Å². The second kappa shape index (κ2) is 8.21. The number of amides is 1. The Morgan fingerprint density at radius 3 is 2.29 bits per heavy atom. The van der Waals surface area contributed by atoms with Crippen molar-refractivity contribution in [3.05, 3.63) is 58.1 Å². The van der Waals surface area contributed by atoms with Crippen molar-refractivity contribution in [3.63, 3.8) is 0 Å². The highest BCUT2D eigenvalue weighted by atomic mass is 35.5. The number of rotatable bonds is 4. The van der Waals surface area contributed by atoms with Crippen molar-refractivity contribution in [1.82, 2.24) is 9.21 Å².